The minimum Gasteiger partial charge on any atom is -0.493 e. The number of rotatable bonds is 16. The molecule has 0 fully saturated rings. The molecule has 196 valence electrons. The van der Waals surface area contributed by atoms with Gasteiger partial charge in [0.05, 0.1) is 20.3 Å². The van der Waals surface area contributed by atoms with E-state index in [1.807, 2.05) is 42.5 Å². The average molecular weight is 506 g/mol. The van der Waals surface area contributed by atoms with Crippen LogP contribution in [0, 0.1) is 0 Å². The Kier molecular flexibility index (Phi) is 12.2. The van der Waals surface area contributed by atoms with E-state index in [4.69, 9.17) is 23.7 Å². The molecule has 3 rings (SSSR count). The standard InChI is InChI=1S/C30H35NO6/c1-33-20-21-35-23-37-27-16-14-24(22-28(27)34-2)15-17-29(32)31-18-9-19-36-30(25-10-5-3-6-11-25)26-12-7-4-8-13-26/h3-8,10-17,22,30H,9,18-21,23H2,1-2H3,(H,31,32)/b17-15+. The van der Waals surface area contributed by atoms with E-state index in [1.165, 1.54) is 6.08 Å². The Hall–Kier alpha value is -3.65. The fraction of sp³-hybridized carbons (Fsp3) is 0.300. The number of carbonyl (C=O) groups is 1. The second-order valence-corrected chi connectivity index (χ2v) is 8.12. The lowest BCUT2D eigenvalue weighted by atomic mass is 10.0. The van der Waals surface area contributed by atoms with Gasteiger partial charge in [0, 0.05) is 26.3 Å². The summed E-state index contributed by atoms with van der Waals surface area (Å²) in [5.41, 5.74) is 3.02. The molecule has 1 amide bonds. The Morgan fingerprint density at radius 3 is 2.22 bits per heavy atom. The SMILES string of the molecule is COCCOCOc1ccc(/C=C/C(=O)NCCCOC(c2ccccc2)c2ccccc2)cc1OC. The van der Waals surface area contributed by atoms with Crippen LogP contribution < -0.4 is 14.8 Å². The third-order valence-corrected chi connectivity index (χ3v) is 5.45. The van der Waals surface area contributed by atoms with Crippen LogP contribution in [0.3, 0.4) is 0 Å². The number of carbonyl (C=O) groups excluding carboxylic acids is 1. The fourth-order valence-electron chi connectivity index (χ4n) is 3.57. The summed E-state index contributed by atoms with van der Waals surface area (Å²) >= 11 is 0. The number of amides is 1. The summed E-state index contributed by atoms with van der Waals surface area (Å²) in [4.78, 5) is 12.3. The molecule has 0 aliphatic carbocycles. The van der Waals surface area contributed by atoms with Gasteiger partial charge in [-0.15, -0.1) is 0 Å². The Balaban J connectivity index is 1.43. The summed E-state index contributed by atoms with van der Waals surface area (Å²) in [7, 11) is 3.18. The summed E-state index contributed by atoms with van der Waals surface area (Å²) in [6.07, 6.45) is 3.79. The lowest BCUT2D eigenvalue weighted by Gasteiger charge is -2.19. The van der Waals surface area contributed by atoms with Crippen LogP contribution in [0.2, 0.25) is 0 Å². The van der Waals surface area contributed by atoms with Gasteiger partial charge in [0.2, 0.25) is 5.91 Å². The van der Waals surface area contributed by atoms with Crippen LogP contribution in [0.25, 0.3) is 6.08 Å². The van der Waals surface area contributed by atoms with E-state index in [0.717, 1.165) is 16.7 Å². The molecule has 7 heteroatoms. The molecule has 0 atom stereocenters. The maximum Gasteiger partial charge on any atom is 0.244 e. The summed E-state index contributed by atoms with van der Waals surface area (Å²) in [6, 6.07) is 25.7. The number of hydrogen-bond acceptors (Lipinski definition) is 6. The van der Waals surface area contributed by atoms with Gasteiger partial charge < -0.3 is 29.0 Å². The number of ether oxygens (including phenoxy) is 5. The maximum absolute atomic E-state index is 12.3. The van der Waals surface area contributed by atoms with Crippen LogP contribution in [0.5, 0.6) is 11.5 Å². The van der Waals surface area contributed by atoms with Crippen molar-refractivity contribution >= 4 is 12.0 Å². The van der Waals surface area contributed by atoms with Gasteiger partial charge in [-0.2, -0.15) is 0 Å². The molecule has 1 N–H and O–H groups in total. The van der Waals surface area contributed by atoms with Crippen molar-refractivity contribution in [2.75, 3.05) is 47.4 Å². The van der Waals surface area contributed by atoms with Gasteiger partial charge in [-0.1, -0.05) is 66.7 Å². The number of benzene rings is 3. The summed E-state index contributed by atoms with van der Waals surface area (Å²) < 4.78 is 27.4. The molecule has 0 heterocycles. The van der Waals surface area contributed by atoms with Gasteiger partial charge in [0.25, 0.3) is 0 Å². The van der Waals surface area contributed by atoms with E-state index in [9.17, 15) is 4.79 Å². The zero-order valence-electron chi connectivity index (χ0n) is 21.4. The molecule has 0 spiro atoms. The topological polar surface area (TPSA) is 75.3 Å². The third kappa shape index (κ3) is 9.73. The Bertz CT molecular complexity index is 1050. The fourth-order valence-corrected chi connectivity index (χ4v) is 3.57. The van der Waals surface area contributed by atoms with Crippen molar-refractivity contribution in [3.8, 4) is 11.5 Å². The van der Waals surface area contributed by atoms with E-state index in [-0.39, 0.29) is 18.8 Å². The molecule has 0 aliphatic heterocycles. The Labute approximate surface area is 219 Å². The lowest BCUT2D eigenvalue weighted by Crippen LogP contribution is -2.23. The van der Waals surface area contributed by atoms with Gasteiger partial charge in [-0.3, -0.25) is 4.79 Å². The predicted molar refractivity (Wildman–Crippen MR) is 144 cm³/mol. The van der Waals surface area contributed by atoms with Crippen molar-refractivity contribution in [2.24, 2.45) is 0 Å². The van der Waals surface area contributed by atoms with Gasteiger partial charge >= 0.3 is 0 Å². The average Bonchev–Trinajstić information content (AvgIpc) is 2.95. The predicted octanol–water partition coefficient (Wildman–Crippen LogP) is 5.02. The van der Waals surface area contributed by atoms with Crippen molar-refractivity contribution in [2.45, 2.75) is 12.5 Å². The minimum atomic E-state index is -0.173. The van der Waals surface area contributed by atoms with Crippen LogP contribution >= 0.6 is 0 Å². The number of hydrogen-bond donors (Lipinski definition) is 1. The van der Waals surface area contributed by atoms with Crippen molar-refractivity contribution in [1.82, 2.24) is 5.32 Å². The highest BCUT2D eigenvalue weighted by Gasteiger charge is 2.14. The van der Waals surface area contributed by atoms with Crippen LogP contribution in [0.4, 0.5) is 0 Å². The normalized spacial score (nSPS) is 11.1. The van der Waals surface area contributed by atoms with Gasteiger partial charge in [-0.25, -0.2) is 0 Å². The zero-order chi connectivity index (χ0) is 26.1. The second kappa shape index (κ2) is 16.2. The lowest BCUT2D eigenvalue weighted by molar-refractivity contribution is -0.116. The number of nitrogens with one attached hydrogen (secondary N) is 1. The van der Waals surface area contributed by atoms with Crippen molar-refractivity contribution in [3.05, 3.63) is 102 Å². The highest BCUT2D eigenvalue weighted by Crippen LogP contribution is 2.28. The smallest absolute Gasteiger partial charge is 0.244 e. The summed E-state index contributed by atoms with van der Waals surface area (Å²) in [6.45, 7) is 2.08. The molecule has 0 unspecified atom stereocenters. The highest BCUT2D eigenvalue weighted by atomic mass is 16.7. The molecule has 0 aliphatic rings. The molecule has 0 bridgehead atoms. The maximum atomic E-state index is 12.3. The molecule has 0 saturated heterocycles. The van der Waals surface area contributed by atoms with Gasteiger partial charge in [0.15, 0.2) is 18.3 Å². The first kappa shape index (κ1) is 27.9. The molecule has 0 radical (unpaired) electrons. The van der Waals surface area contributed by atoms with Crippen LogP contribution in [-0.2, 0) is 19.0 Å². The molecular weight excluding hydrogens is 470 g/mol. The van der Waals surface area contributed by atoms with Crippen molar-refractivity contribution in [3.63, 3.8) is 0 Å². The van der Waals surface area contributed by atoms with Gasteiger partial charge in [-0.05, 0) is 41.3 Å². The summed E-state index contributed by atoms with van der Waals surface area (Å²) in [5, 5.41) is 2.90. The number of methoxy groups -OCH3 is 2. The Morgan fingerprint density at radius 1 is 0.865 bits per heavy atom. The highest BCUT2D eigenvalue weighted by molar-refractivity contribution is 5.91. The van der Waals surface area contributed by atoms with E-state index in [1.54, 1.807) is 32.4 Å². The second-order valence-electron chi connectivity index (χ2n) is 8.12. The van der Waals surface area contributed by atoms with Crippen LogP contribution in [-0.4, -0.2) is 53.3 Å². The summed E-state index contributed by atoms with van der Waals surface area (Å²) in [5.74, 6) is 0.945. The monoisotopic (exact) mass is 505 g/mol. The first-order valence-corrected chi connectivity index (χ1v) is 12.3. The Morgan fingerprint density at radius 2 is 1.57 bits per heavy atom. The molecule has 37 heavy (non-hydrogen) atoms. The van der Waals surface area contributed by atoms with Crippen molar-refractivity contribution < 1.29 is 28.5 Å². The molecule has 0 saturated carbocycles. The van der Waals surface area contributed by atoms with E-state index >= 15 is 0 Å². The molecule has 0 aromatic heterocycles. The first-order chi connectivity index (χ1) is 18.2. The molecule has 3 aromatic carbocycles. The van der Waals surface area contributed by atoms with Crippen LogP contribution in [0.15, 0.2) is 84.9 Å². The largest absolute Gasteiger partial charge is 0.493 e. The molecular formula is C30H35NO6. The zero-order valence-corrected chi connectivity index (χ0v) is 21.4. The van der Waals surface area contributed by atoms with E-state index in [2.05, 4.69) is 29.6 Å². The quantitative estimate of drug-likeness (QED) is 0.167. The first-order valence-electron chi connectivity index (χ1n) is 12.3. The minimum absolute atomic E-state index is 0.0957. The van der Waals surface area contributed by atoms with E-state index < -0.39 is 0 Å². The van der Waals surface area contributed by atoms with Crippen molar-refractivity contribution in [1.29, 1.82) is 0 Å². The van der Waals surface area contributed by atoms with Crippen LogP contribution in [0.1, 0.15) is 29.2 Å². The third-order valence-electron chi connectivity index (χ3n) is 5.45. The van der Waals surface area contributed by atoms with E-state index in [0.29, 0.717) is 44.3 Å². The van der Waals surface area contributed by atoms with Gasteiger partial charge in [0.1, 0.15) is 6.10 Å². The molecule has 7 nitrogen and oxygen atoms in total. The molecule has 3 aromatic rings.